The van der Waals surface area contributed by atoms with Crippen molar-refractivity contribution in [3.05, 3.63) is 29.7 Å². The lowest BCUT2D eigenvalue weighted by molar-refractivity contribution is 0.392. The number of hydrogen-bond acceptors (Lipinski definition) is 4. The van der Waals surface area contributed by atoms with E-state index < -0.39 is 0 Å². The zero-order valence-corrected chi connectivity index (χ0v) is 12.1. The van der Waals surface area contributed by atoms with E-state index in [1.165, 1.54) is 5.56 Å². The molecule has 20 heavy (non-hydrogen) atoms. The van der Waals surface area contributed by atoms with E-state index in [-0.39, 0.29) is 0 Å². The number of nitrogens with one attached hydrogen (secondary N) is 2. The molecule has 3 heterocycles. The van der Waals surface area contributed by atoms with E-state index >= 15 is 0 Å². The molecule has 0 saturated heterocycles. The van der Waals surface area contributed by atoms with Crippen LogP contribution in [0.2, 0.25) is 0 Å². The zero-order chi connectivity index (χ0) is 13.9. The third-order valence-corrected chi connectivity index (χ3v) is 3.69. The molecule has 0 fully saturated rings. The van der Waals surface area contributed by atoms with Crippen molar-refractivity contribution in [2.45, 2.75) is 19.9 Å². The predicted molar refractivity (Wildman–Crippen MR) is 78.7 cm³/mol. The SMILES string of the molecule is Cc1cc2n(n1)C[C@@H](CNCCc1cnn(C)c1)CN2. The smallest absolute Gasteiger partial charge is 0.124 e. The number of rotatable bonds is 5. The molecule has 6 nitrogen and oxygen atoms in total. The normalized spacial score (nSPS) is 17.8. The monoisotopic (exact) mass is 274 g/mol. The average molecular weight is 274 g/mol. The Balaban J connectivity index is 1.41. The van der Waals surface area contributed by atoms with Gasteiger partial charge in [0, 0.05) is 44.9 Å². The zero-order valence-electron chi connectivity index (χ0n) is 12.1. The van der Waals surface area contributed by atoms with Crippen LogP contribution in [-0.4, -0.2) is 39.2 Å². The van der Waals surface area contributed by atoms with Gasteiger partial charge in [0.15, 0.2) is 0 Å². The maximum absolute atomic E-state index is 4.50. The molecule has 2 aromatic heterocycles. The fourth-order valence-corrected chi connectivity index (χ4v) is 2.66. The summed E-state index contributed by atoms with van der Waals surface area (Å²) in [4.78, 5) is 0. The minimum atomic E-state index is 0.593. The first-order chi connectivity index (χ1) is 9.70. The first kappa shape index (κ1) is 13.2. The number of hydrogen-bond donors (Lipinski definition) is 2. The van der Waals surface area contributed by atoms with E-state index in [0.29, 0.717) is 5.92 Å². The molecule has 1 aliphatic rings. The highest BCUT2D eigenvalue weighted by Crippen LogP contribution is 2.17. The molecule has 0 aromatic carbocycles. The number of fused-ring (bicyclic) bond motifs is 1. The Bertz CT molecular complexity index is 570. The van der Waals surface area contributed by atoms with Crippen LogP contribution in [0.5, 0.6) is 0 Å². The molecule has 3 rings (SSSR count). The maximum atomic E-state index is 4.50. The minimum absolute atomic E-state index is 0.593. The van der Waals surface area contributed by atoms with Gasteiger partial charge in [0.25, 0.3) is 0 Å². The lowest BCUT2D eigenvalue weighted by Gasteiger charge is -2.25. The summed E-state index contributed by atoms with van der Waals surface area (Å²) in [5.41, 5.74) is 2.37. The van der Waals surface area contributed by atoms with Crippen LogP contribution in [0.3, 0.4) is 0 Å². The summed E-state index contributed by atoms with van der Waals surface area (Å²) in [6.07, 6.45) is 5.03. The van der Waals surface area contributed by atoms with E-state index in [4.69, 9.17) is 0 Å². The second-order valence-corrected chi connectivity index (χ2v) is 5.58. The van der Waals surface area contributed by atoms with Gasteiger partial charge in [-0.15, -0.1) is 0 Å². The molecule has 108 valence electrons. The quantitative estimate of drug-likeness (QED) is 0.792. The van der Waals surface area contributed by atoms with Crippen molar-refractivity contribution in [3.63, 3.8) is 0 Å². The molecule has 2 aromatic rings. The Morgan fingerprint density at radius 1 is 1.50 bits per heavy atom. The van der Waals surface area contributed by atoms with Gasteiger partial charge in [0.05, 0.1) is 11.9 Å². The summed E-state index contributed by atoms with van der Waals surface area (Å²) in [6, 6.07) is 2.10. The first-order valence-corrected chi connectivity index (χ1v) is 7.17. The Kier molecular flexibility index (Phi) is 3.73. The van der Waals surface area contributed by atoms with Crippen LogP contribution in [0.1, 0.15) is 11.3 Å². The predicted octanol–water partition coefficient (Wildman–Crippen LogP) is 0.799. The molecule has 2 N–H and O–H groups in total. The van der Waals surface area contributed by atoms with Crippen molar-refractivity contribution in [2.75, 3.05) is 25.0 Å². The summed E-state index contributed by atoms with van der Waals surface area (Å²) in [7, 11) is 1.95. The standard InChI is InChI=1S/C14H22N6/c1-11-5-14-16-7-13(10-20(14)18-11)6-15-4-3-12-8-17-19(2)9-12/h5,8-9,13,15-16H,3-4,6-7,10H2,1-2H3/t13-/m0/s1. The number of aromatic nitrogens is 4. The van der Waals surface area contributed by atoms with Crippen LogP contribution < -0.4 is 10.6 Å². The highest BCUT2D eigenvalue weighted by Gasteiger charge is 2.18. The molecule has 0 saturated carbocycles. The van der Waals surface area contributed by atoms with E-state index in [9.17, 15) is 0 Å². The summed E-state index contributed by atoms with van der Waals surface area (Å²) in [5.74, 6) is 1.74. The molecular weight excluding hydrogens is 252 g/mol. The van der Waals surface area contributed by atoms with Crippen LogP contribution in [0, 0.1) is 12.8 Å². The second-order valence-electron chi connectivity index (χ2n) is 5.58. The molecule has 0 radical (unpaired) electrons. The molecule has 0 spiro atoms. The average Bonchev–Trinajstić information content (AvgIpc) is 2.99. The van der Waals surface area contributed by atoms with Crippen LogP contribution in [0.25, 0.3) is 0 Å². The van der Waals surface area contributed by atoms with Gasteiger partial charge in [-0.2, -0.15) is 10.2 Å². The number of anilines is 1. The van der Waals surface area contributed by atoms with Crippen molar-refractivity contribution in [3.8, 4) is 0 Å². The van der Waals surface area contributed by atoms with E-state index in [0.717, 1.165) is 44.1 Å². The van der Waals surface area contributed by atoms with Crippen LogP contribution >= 0.6 is 0 Å². The van der Waals surface area contributed by atoms with Crippen molar-refractivity contribution in [1.82, 2.24) is 24.9 Å². The van der Waals surface area contributed by atoms with E-state index in [1.54, 1.807) is 0 Å². The van der Waals surface area contributed by atoms with Crippen LogP contribution in [0.15, 0.2) is 18.5 Å². The highest BCUT2D eigenvalue weighted by molar-refractivity contribution is 5.38. The van der Waals surface area contributed by atoms with Gasteiger partial charge < -0.3 is 10.6 Å². The largest absolute Gasteiger partial charge is 0.370 e. The fraction of sp³-hybridized carbons (Fsp3) is 0.571. The highest BCUT2D eigenvalue weighted by atomic mass is 15.3. The summed E-state index contributed by atoms with van der Waals surface area (Å²) >= 11 is 0. The molecule has 1 aliphatic heterocycles. The first-order valence-electron chi connectivity index (χ1n) is 7.17. The van der Waals surface area contributed by atoms with Crippen LogP contribution in [-0.2, 0) is 20.0 Å². The Morgan fingerprint density at radius 3 is 3.20 bits per heavy atom. The van der Waals surface area contributed by atoms with Crippen molar-refractivity contribution < 1.29 is 0 Å². The molecule has 6 heteroatoms. The van der Waals surface area contributed by atoms with Crippen LogP contribution in [0.4, 0.5) is 5.82 Å². The van der Waals surface area contributed by atoms with Gasteiger partial charge in [0.1, 0.15) is 5.82 Å². The van der Waals surface area contributed by atoms with Gasteiger partial charge in [-0.3, -0.25) is 4.68 Å². The maximum Gasteiger partial charge on any atom is 0.124 e. The molecule has 0 amide bonds. The van der Waals surface area contributed by atoms with E-state index in [1.807, 2.05) is 24.9 Å². The molecular formula is C14H22N6. The molecule has 1 atom stereocenters. The van der Waals surface area contributed by atoms with E-state index in [2.05, 4.69) is 37.8 Å². The van der Waals surface area contributed by atoms with Crippen molar-refractivity contribution in [2.24, 2.45) is 13.0 Å². The van der Waals surface area contributed by atoms with Gasteiger partial charge in [-0.05, 0) is 25.5 Å². The topological polar surface area (TPSA) is 59.7 Å². The summed E-state index contributed by atoms with van der Waals surface area (Å²) in [5, 5.41) is 15.7. The van der Waals surface area contributed by atoms with Crippen molar-refractivity contribution in [1.29, 1.82) is 0 Å². The molecule has 0 unspecified atom stereocenters. The fourth-order valence-electron chi connectivity index (χ4n) is 2.66. The van der Waals surface area contributed by atoms with Gasteiger partial charge in [-0.25, -0.2) is 4.68 Å². The lowest BCUT2D eigenvalue weighted by Crippen LogP contribution is -2.36. The minimum Gasteiger partial charge on any atom is -0.370 e. The van der Waals surface area contributed by atoms with Gasteiger partial charge >= 0.3 is 0 Å². The molecule has 0 bridgehead atoms. The van der Waals surface area contributed by atoms with Gasteiger partial charge in [-0.1, -0.05) is 0 Å². The summed E-state index contributed by atoms with van der Waals surface area (Å²) in [6.45, 7) is 6.06. The number of nitrogens with zero attached hydrogens (tertiary/aromatic N) is 4. The Hall–Kier alpha value is -1.82. The lowest BCUT2D eigenvalue weighted by atomic mass is 10.1. The molecule has 0 aliphatic carbocycles. The third-order valence-electron chi connectivity index (χ3n) is 3.69. The number of aryl methyl sites for hydroxylation is 2. The Morgan fingerprint density at radius 2 is 2.40 bits per heavy atom. The second kappa shape index (κ2) is 5.66. The Labute approximate surface area is 119 Å². The van der Waals surface area contributed by atoms with Crippen molar-refractivity contribution >= 4 is 5.82 Å². The van der Waals surface area contributed by atoms with Gasteiger partial charge in [0.2, 0.25) is 0 Å². The third kappa shape index (κ3) is 3.01. The summed E-state index contributed by atoms with van der Waals surface area (Å²) < 4.78 is 3.92.